The Labute approximate surface area is 124 Å². The van der Waals surface area contributed by atoms with Gasteiger partial charge in [-0.25, -0.2) is 0 Å². The third-order valence-electron chi connectivity index (χ3n) is 3.90. The molecule has 1 aromatic rings. The number of rotatable bonds is 10. The van der Waals surface area contributed by atoms with Crippen molar-refractivity contribution >= 4 is 0 Å². The molecule has 0 unspecified atom stereocenters. The summed E-state index contributed by atoms with van der Waals surface area (Å²) in [6, 6.07) is 4.70. The predicted molar refractivity (Wildman–Crippen MR) is 85.7 cm³/mol. The van der Waals surface area contributed by atoms with E-state index in [1.54, 1.807) is 0 Å². The van der Waals surface area contributed by atoms with Gasteiger partial charge in [-0.3, -0.25) is 4.90 Å². The van der Waals surface area contributed by atoms with Crippen molar-refractivity contribution in [3.8, 4) is 0 Å². The summed E-state index contributed by atoms with van der Waals surface area (Å²) in [5, 5.41) is 3.39. The van der Waals surface area contributed by atoms with E-state index in [0.717, 1.165) is 37.1 Å². The zero-order valence-electron chi connectivity index (χ0n) is 13.9. The summed E-state index contributed by atoms with van der Waals surface area (Å²) in [4.78, 5) is 2.48. The molecule has 0 atom stereocenters. The molecule has 116 valence electrons. The van der Waals surface area contributed by atoms with E-state index in [4.69, 9.17) is 4.42 Å². The molecule has 0 aromatic carbocycles. The van der Waals surface area contributed by atoms with Gasteiger partial charge in [-0.05, 0) is 24.6 Å². The van der Waals surface area contributed by atoms with Crippen LogP contribution in [0, 0.1) is 5.92 Å². The maximum absolute atomic E-state index is 5.91. The average molecular weight is 280 g/mol. The van der Waals surface area contributed by atoms with E-state index < -0.39 is 0 Å². The Morgan fingerprint density at radius 1 is 1.10 bits per heavy atom. The van der Waals surface area contributed by atoms with Crippen LogP contribution in [0.1, 0.15) is 59.0 Å². The van der Waals surface area contributed by atoms with Crippen LogP contribution in [-0.4, -0.2) is 24.0 Å². The second-order valence-electron chi connectivity index (χ2n) is 5.91. The Balaban J connectivity index is 2.48. The third-order valence-corrected chi connectivity index (χ3v) is 3.90. The maximum atomic E-state index is 5.91. The predicted octanol–water partition coefficient (Wildman–Crippen LogP) is 4.04. The van der Waals surface area contributed by atoms with Gasteiger partial charge in [0.15, 0.2) is 0 Å². The lowest BCUT2D eigenvalue weighted by atomic mass is 10.0. The van der Waals surface area contributed by atoms with Crippen molar-refractivity contribution in [3.63, 3.8) is 0 Å². The normalized spacial score (nSPS) is 12.0. The molecule has 0 bridgehead atoms. The minimum Gasteiger partial charge on any atom is -0.463 e. The molecule has 0 aliphatic rings. The SMILES string of the molecule is CCC(CC)CN(CC)Cc1ccc(CNC(C)C)o1. The van der Waals surface area contributed by atoms with Gasteiger partial charge in [0.1, 0.15) is 11.5 Å². The summed E-state index contributed by atoms with van der Waals surface area (Å²) < 4.78 is 5.91. The molecule has 0 spiro atoms. The molecule has 0 aliphatic heterocycles. The van der Waals surface area contributed by atoms with Crippen molar-refractivity contribution in [2.75, 3.05) is 13.1 Å². The largest absolute Gasteiger partial charge is 0.463 e. The van der Waals surface area contributed by atoms with Crippen molar-refractivity contribution in [1.82, 2.24) is 10.2 Å². The highest BCUT2D eigenvalue weighted by Crippen LogP contribution is 2.15. The van der Waals surface area contributed by atoms with Crippen LogP contribution in [0.5, 0.6) is 0 Å². The molecule has 20 heavy (non-hydrogen) atoms. The van der Waals surface area contributed by atoms with E-state index in [9.17, 15) is 0 Å². The summed E-state index contributed by atoms with van der Waals surface area (Å²) in [7, 11) is 0. The Kier molecular flexibility index (Phi) is 7.93. The summed E-state index contributed by atoms with van der Waals surface area (Å²) in [5.41, 5.74) is 0. The van der Waals surface area contributed by atoms with Crippen LogP contribution in [0.2, 0.25) is 0 Å². The topological polar surface area (TPSA) is 28.4 Å². The van der Waals surface area contributed by atoms with Gasteiger partial charge in [0.2, 0.25) is 0 Å². The van der Waals surface area contributed by atoms with Crippen molar-refractivity contribution in [2.45, 2.75) is 66.6 Å². The first-order valence-electron chi connectivity index (χ1n) is 8.12. The van der Waals surface area contributed by atoms with Crippen molar-refractivity contribution in [2.24, 2.45) is 5.92 Å². The van der Waals surface area contributed by atoms with Crippen LogP contribution in [0.3, 0.4) is 0 Å². The van der Waals surface area contributed by atoms with Crippen LogP contribution < -0.4 is 5.32 Å². The Hall–Kier alpha value is -0.800. The lowest BCUT2D eigenvalue weighted by Gasteiger charge is -2.24. The second-order valence-corrected chi connectivity index (χ2v) is 5.91. The molecule has 1 rings (SSSR count). The fourth-order valence-electron chi connectivity index (χ4n) is 2.34. The molecule has 3 nitrogen and oxygen atoms in total. The number of nitrogens with one attached hydrogen (secondary N) is 1. The molecule has 1 heterocycles. The highest BCUT2D eigenvalue weighted by Gasteiger charge is 2.12. The standard InChI is InChI=1S/C17H32N2O/c1-6-15(7-2)12-19(8-3)13-17-10-9-16(20-17)11-18-14(4)5/h9-10,14-15,18H,6-8,11-13H2,1-5H3. The quantitative estimate of drug-likeness (QED) is 0.701. The first-order chi connectivity index (χ1) is 9.58. The Morgan fingerprint density at radius 2 is 1.75 bits per heavy atom. The molecule has 0 saturated carbocycles. The van der Waals surface area contributed by atoms with E-state index in [0.29, 0.717) is 6.04 Å². The van der Waals surface area contributed by atoms with Gasteiger partial charge in [0, 0.05) is 12.6 Å². The van der Waals surface area contributed by atoms with Crippen molar-refractivity contribution in [3.05, 3.63) is 23.7 Å². The minimum atomic E-state index is 0.491. The van der Waals surface area contributed by atoms with E-state index in [-0.39, 0.29) is 0 Å². The summed E-state index contributed by atoms with van der Waals surface area (Å²) in [6.07, 6.45) is 2.52. The van der Waals surface area contributed by atoms with Gasteiger partial charge >= 0.3 is 0 Å². The van der Waals surface area contributed by atoms with Gasteiger partial charge in [-0.2, -0.15) is 0 Å². The van der Waals surface area contributed by atoms with Gasteiger partial charge in [-0.1, -0.05) is 47.5 Å². The Bertz CT molecular complexity index is 356. The summed E-state index contributed by atoms with van der Waals surface area (Å²) >= 11 is 0. The summed E-state index contributed by atoms with van der Waals surface area (Å²) in [5.74, 6) is 2.91. The molecule has 0 fully saturated rings. The van der Waals surface area contributed by atoms with Crippen molar-refractivity contribution < 1.29 is 4.42 Å². The average Bonchev–Trinajstić information content (AvgIpc) is 2.88. The molecule has 1 aromatic heterocycles. The first kappa shape index (κ1) is 17.3. The maximum Gasteiger partial charge on any atom is 0.118 e. The molecular formula is C17H32N2O. The second kappa shape index (κ2) is 9.19. The fraction of sp³-hybridized carbons (Fsp3) is 0.765. The highest BCUT2D eigenvalue weighted by molar-refractivity contribution is 5.07. The number of hydrogen-bond acceptors (Lipinski definition) is 3. The van der Waals surface area contributed by atoms with Crippen molar-refractivity contribution in [1.29, 1.82) is 0 Å². The highest BCUT2D eigenvalue weighted by atomic mass is 16.3. The molecule has 0 radical (unpaired) electrons. The van der Waals surface area contributed by atoms with Crippen LogP contribution in [0.4, 0.5) is 0 Å². The number of furan rings is 1. The van der Waals surface area contributed by atoms with E-state index >= 15 is 0 Å². The van der Waals surface area contributed by atoms with E-state index in [2.05, 4.69) is 57.0 Å². The van der Waals surface area contributed by atoms with Gasteiger partial charge in [0.05, 0.1) is 13.1 Å². The van der Waals surface area contributed by atoms with Crippen LogP contribution in [0.15, 0.2) is 16.5 Å². The number of hydrogen-bond donors (Lipinski definition) is 1. The summed E-state index contributed by atoms with van der Waals surface area (Å²) in [6.45, 7) is 15.1. The molecule has 0 amide bonds. The smallest absolute Gasteiger partial charge is 0.118 e. The van der Waals surface area contributed by atoms with Crippen LogP contribution in [0.25, 0.3) is 0 Å². The Morgan fingerprint density at radius 3 is 2.30 bits per heavy atom. The molecule has 3 heteroatoms. The minimum absolute atomic E-state index is 0.491. The van der Waals surface area contributed by atoms with Crippen LogP contribution in [-0.2, 0) is 13.1 Å². The van der Waals surface area contributed by atoms with Gasteiger partial charge in [-0.15, -0.1) is 0 Å². The monoisotopic (exact) mass is 280 g/mol. The molecule has 1 N–H and O–H groups in total. The first-order valence-corrected chi connectivity index (χ1v) is 8.12. The zero-order chi connectivity index (χ0) is 15.0. The third kappa shape index (κ3) is 6.10. The van der Waals surface area contributed by atoms with Crippen LogP contribution >= 0.6 is 0 Å². The molecule has 0 aliphatic carbocycles. The molecular weight excluding hydrogens is 248 g/mol. The lowest BCUT2D eigenvalue weighted by molar-refractivity contribution is 0.209. The molecule has 0 saturated heterocycles. The van der Waals surface area contributed by atoms with Gasteiger partial charge in [0.25, 0.3) is 0 Å². The zero-order valence-corrected chi connectivity index (χ0v) is 13.9. The van der Waals surface area contributed by atoms with E-state index in [1.807, 2.05) is 0 Å². The number of nitrogens with zero attached hydrogens (tertiary/aromatic N) is 1. The lowest BCUT2D eigenvalue weighted by Crippen LogP contribution is -2.28. The fourth-order valence-corrected chi connectivity index (χ4v) is 2.34. The van der Waals surface area contributed by atoms with E-state index in [1.165, 1.54) is 19.4 Å². The van der Waals surface area contributed by atoms with Gasteiger partial charge < -0.3 is 9.73 Å².